The Kier molecular flexibility index (Phi) is 4.87. The molecule has 2 heterocycles. The van der Waals surface area contributed by atoms with Crippen molar-refractivity contribution in [2.45, 2.75) is 5.60 Å². The van der Waals surface area contributed by atoms with Crippen molar-refractivity contribution in [1.82, 2.24) is 10.3 Å². The van der Waals surface area contributed by atoms with Gasteiger partial charge in [-0.1, -0.05) is 0 Å². The van der Waals surface area contributed by atoms with Gasteiger partial charge in [-0.2, -0.15) is 0 Å². The Hall–Kier alpha value is -1.02. The fourth-order valence-electron chi connectivity index (χ4n) is 1.90. The lowest BCUT2D eigenvalue weighted by Gasteiger charge is -2.31. The molecule has 19 heavy (non-hydrogen) atoms. The van der Waals surface area contributed by atoms with Gasteiger partial charge in [-0.25, -0.2) is 4.79 Å². The topological polar surface area (TPSA) is 80.7 Å². The number of hydrogen-bond acceptors (Lipinski definition) is 5. The van der Waals surface area contributed by atoms with E-state index in [9.17, 15) is 4.79 Å². The number of hydrogen-bond donors (Lipinski definition) is 2. The van der Waals surface area contributed by atoms with Gasteiger partial charge in [0.2, 0.25) is 0 Å². The molecule has 1 aromatic heterocycles. The highest BCUT2D eigenvalue weighted by atomic mass is 79.9. The number of halogens is 1. The zero-order chi connectivity index (χ0) is 13.7. The van der Waals surface area contributed by atoms with E-state index in [1.165, 1.54) is 0 Å². The first-order valence-electron chi connectivity index (χ1n) is 5.89. The van der Waals surface area contributed by atoms with E-state index in [0.717, 1.165) is 4.47 Å². The third-order valence-electron chi connectivity index (χ3n) is 2.84. The van der Waals surface area contributed by atoms with Crippen LogP contribution in [0.1, 0.15) is 5.69 Å². The molecular weight excluding hydrogens is 316 g/mol. The molecule has 1 aromatic rings. The van der Waals surface area contributed by atoms with E-state index < -0.39 is 11.6 Å². The summed E-state index contributed by atoms with van der Waals surface area (Å²) in [7, 11) is 0. The van der Waals surface area contributed by atoms with E-state index in [0.29, 0.717) is 25.4 Å². The normalized spacial score (nSPS) is 23.8. The third kappa shape index (κ3) is 3.73. The van der Waals surface area contributed by atoms with Crippen molar-refractivity contribution in [1.29, 1.82) is 0 Å². The maximum atomic E-state index is 10.7. The highest BCUT2D eigenvalue weighted by Crippen LogP contribution is 2.26. The first-order chi connectivity index (χ1) is 9.12. The molecule has 0 aromatic carbocycles. The van der Waals surface area contributed by atoms with E-state index in [2.05, 4.69) is 26.2 Å². The number of carbonyl (C=O) groups is 1. The van der Waals surface area contributed by atoms with Crippen LogP contribution in [0.4, 0.5) is 0 Å². The van der Waals surface area contributed by atoms with Gasteiger partial charge in [0.15, 0.2) is 0 Å². The largest absolute Gasteiger partial charge is 0.480 e. The SMILES string of the molecule is O=C(O)COC1(c2ccc(Br)cn2)CNCCOC1. The van der Waals surface area contributed by atoms with Gasteiger partial charge in [-0.15, -0.1) is 0 Å². The summed E-state index contributed by atoms with van der Waals surface area (Å²) in [6, 6.07) is 3.65. The van der Waals surface area contributed by atoms with Crippen LogP contribution in [0.15, 0.2) is 22.8 Å². The van der Waals surface area contributed by atoms with Crippen LogP contribution in [-0.4, -0.2) is 49.0 Å². The summed E-state index contributed by atoms with van der Waals surface area (Å²) in [5.41, 5.74) is -0.207. The highest BCUT2D eigenvalue weighted by molar-refractivity contribution is 9.10. The molecule has 2 N–H and O–H groups in total. The van der Waals surface area contributed by atoms with Crippen molar-refractivity contribution < 1.29 is 19.4 Å². The minimum absolute atomic E-state index is 0.280. The lowest BCUT2D eigenvalue weighted by molar-refractivity contribution is -0.155. The number of pyridine rings is 1. The average molecular weight is 331 g/mol. The molecule has 0 bridgehead atoms. The van der Waals surface area contributed by atoms with Crippen molar-refractivity contribution in [2.75, 3.05) is 32.9 Å². The number of aliphatic carboxylic acids is 1. The zero-order valence-corrected chi connectivity index (χ0v) is 11.9. The van der Waals surface area contributed by atoms with Crippen LogP contribution in [0, 0.1) is 0 Å². The van der Waals surface area contributed by atoms with Crippen LogP contribution >= 0.6 is 15.9 Å². The number of nitrogens with zero attached hydrogens (tertiary/aromatic N) is 1. The summed E-state index contributed by atoms with van der Waals surface area (Å²) in [6.07, 6.45) is 1.66. The smallest absolute Gasteiger partial charge is 0.329 e. The van der Waals surface area contributed by atoms with Crippen molar-refractivity contribution in [3.63, 3.8) is 0 Å². The number of ether oxygens (including phenoxy) is 2. The van der Waals surface area contributed by atoms with Crippen LogP contribution in [-0.2, 0) is 19.9 Å². The second-order valence-electron chi connectivity index (χ2n) is 4.27. The van der Waals surface area contributed by atoms with Crippen LogP contribution in [0.2, 0.25) is 0 Å². The van der Waals surface area contributed by atoms with Crippen molar-refractivity contribution in [3.05, 3.63) is 28.5 Å². The van der Waals surface area contributed by atoms with Gasteiger partial charge >= 0.3 is 5.97 Å². The molecule has 1 aliphatic rings. The number of nitrogens with one attached hydrogen (secondary N) is 1. The van der Waals surface area contributed by atoms with E-state index in [1.807, 2.05) is 12.1 Å². The van der Waals surface area contributed by atoms with Crippen LogP contribution in [0.5, 0.6) is 0 Å². The van der Waals surface area contributed by atoms with Gasteiger partial charge in [-0.3, -0.25) is 4.98 Å². The summed E-state index contributed by atoms with van der Waals surface area (Å²) >= 11 is 3.32. The van der Waals surface area contributed by atoms with Crippen molar-refractivity contribution in [2.24, 2.45) is 0 Å². The molecule has 0 saturated carbocycles. The molecule has 0 amide bonds. The van der Waals surface area contributed by atoms with E-state index in [-0.39, 0.29) is 13.2 Å². The Morgan fingerprint density at radius 1 is 1.63 bits per heavy atom. The molecule has 0 radical (unpaired) electrons. The predicted molar refractivity (Wildman–Crippen MR) is 70.9 cm³/mol. The minimum atomic E-state index is -1.01. The van der Waals surface area contributed by atoms with Crippen molar-refractivity contribution >= 4 is 21.9 Å². The Morgan fingerprint density at radius 3 is 3.16 bits per heavy atom. The highest BCUT2D eigenvalue weighted by Gasteiger charge is 2.37. The second kappa shape index (κ2) is 6.42. The molecule has 6 nitrogen and oxygen atoms in total. The second-order valence-corrected chi connectivity index (χ2v) is 5.18. The number of rotatable bonds is 4. The van der Waals surface area contributed by atoms with Gasteiger partial charge < -0.3 is 19.9 Å². The molecule has 1 aliphatic heterocycles. The lowest BCUT2D eigenvalue weighted by Crippen LogP contribution is -2.44. The summed E-state index contributed by atoms with van der Waals surface area (Å²) in [5, 5.41) is 12.0. The Morgan fingerprint density at radius 2 is 2.47 bits per heavy atom. The van der Waals surface area contributed by atoms with Gasteiger partial charge in [0.25, 0.3) is 0 Å². The monoisotopic (exact) mass is 330 g/mol. The molecule has 7 heteroatoms. The molecule has 2 rings (SSSR count). The molecule has 1 unspecified atom stereocenters. The van der Waals surface area contributed by atoms with Crippen LogP contribution in [0.25, 0.3) is 0 Å². The third-order valence-corrected chi connectivity index (χ3v) is 3.30. The van der Waals surface area contributed by atoms with Crippen molar-refractivity contribution in [3.8, 4) is 0 Å². The summed E-state index contributed by atoms with van der Waals surface area (Å²) in [4.78, 5) is 15.1. The summed E-state index contributed by atoms with van der Waals surface area (Å²) < 4.78 is 11.9. The Bertz CT molecular complexity index is 430. The average Bonchev–Trinajstić information content (AvgIpc) is 2.64. The molecule has 0 spiro atoms. The molecule has 1 fully saturated rings. The summed E-state index contributed by atoms with van der Waals surface area (Å²) in [6.45, 7) is 1.63. The van der Waals surface area contributed by atoms with Crippen LogP contribution in [0.3, 0.4) is 0 Å². The molecule has 1 saturated heterocycles. The fourth-order valence-corrected chi connectivity index (χ4v) is 2.13. The van der Waals surface area contributed by atoms with Crippen LogP contribution < -0.4 is 5.32 Å². The van der Waals surface area contributed by atoms with Gasteiger partial charge in [-0.05, 0) is 28.1 Å². The number of aromatic nitrogens is 1. The van der Waals surface area contributed by atoms with E-state index in [1.54, 1.807) is 6.20 Å². The Labute approximate surface area is 119 Å². The fraction of sp³-hybridized carbons (Fsp3) is 0.500. The minimum Gasteiger partial charge on any atom is -0.480 e. The number of carboxylic acid groups (broad SMARTS) is 1. The molecule has 0 aliphatic carbocycles. The maximum Gasteiger partial charge on any atom is 0.329 e. The molecule has 104 valence electrons. The first kappa shape index (κ1) is 14.4. The summed E-state index contributed by atoms with van der Waals surface area (Å²) in [5.74, 6) is -1.01. The first-order valence-corrected chi connectivity index (χ1v) is 6.68. The number of carboxylic acids is 1. The standard InChI is InChI=1S/C12H15BrN2O4/c13-9-1-2-10(15-5-9)12(19-6-11(16)17)7-14-3-4-18-8-12/h1-2,5,14H,3-4,6-8H2,(H,16,17). The van der Waals surface area contributed by atoms with Gasteiger partial charge in [0, 0.05) is 23.8 Å². The van der Waals surface area contributed by atoms with E-state index >= 15 is 0 Å². The Balaban J connectivity index is 2.25. The van der Waals surface area contributed by atoms with Gasteiger partial charge in [0.05, 0.1) is 18.9 Å². The predicted octanol–water partition coefficient (Wildman–Crippen LogP) is 0.760. The molecule has 1 atom stereocenters. The maximum absolute atomic E-state index is 10.7. The lowest BCUT2D eigenvalue weighted by atomic mass is 9.99. The van der Waals surface area contributed by atoms with E-state index in [4.69, 9.17) is 14.6 Å². The quantitative estimate of drug-likeness (QED) is 0.848. The zero-order valence-electron chi connectivity index (χ0n) is 10.3. The van der Waals surface area contributed by atoms with Gasteiger partial charge in [0.1, 0.15) is 12.2 Å². The molecular formula is C12H15BrN2O4.